The molecule has 0 aliphatic carbocycles. The molecule has 0 spiro atoms. The first kappa shape index (κ1) is 15.5. The van der Waals surface area contributed by atoms with Crippen molar-refractivity contribution in [3.63, 3.8) is 0 Å². The van der Waals surface area contributed by atoms with Crippen LogP contribution in [0, 0.1) is 16.2 Å². The molecule has 0 saturated carbocycles. The lowest BCUT2D eigenvalue weighted by Gasteiger charge is -2.38. The topological polar surface area (TPSA) is 37.3 Å². The summed E-state index contributed by atoms with van der Waals surface area (Å²) in [6, 6.07) is 0. The van der Waals surface area contributed by atoms with Gasteiger partial charge in [-0.25, -0.2) is 0 Å². The fourth-order valence-electron chi connectivity index (χ4n) is 1.66. The molecule has 0 aromatic heterocycles. The monoisotopic (exact) mass is 228 g/mol. The number of carboxylic acids is 1. The van der Waals surface area contributed by atoms with Crippen molar-refractivity contribution in [2.45, 2.75) is 67.7 Å². The lowest BCUT2D eigenvalue weighted by molar-refractivity contribution is -0.154. The molecule has 1 N–H and O–H groups in total. The van der Waals surface area contributed by atoms with Crippen molar-refractivity contribution in [2.75, 3.05) is 0 Å². The Morgan fingerprint density at radius 3 is 1.69 bits per heavy atom. The van der Waals surface area contributed by atoms with Gasteiger partial charge in [-0.1, -0.05) is 41.0 Å². The quantitative estimate of drug-likeness (QED) is 0.760. The highest BCUT2D eigenvalue weighted by Gasteiger charge is 2.42. The van der Waals surface area contributed by atoms with Gasteiger partial charge < -0.3 is 5.11 Å². The zero-order valence-corrected chi connectivity index (χ0v) is 12.0. The number of hydrogen-bond acceptors (Lipinski definition) is 1. The van der Waals surface area contributed by atoms with Crippen molar-refractivity contribution < 1.29 is 9.90 Å². The van der Waals surface area contributed by atoms with Gasteiger partial charge in [-0.05, 0) is 37.5 Å². The zero-order chi connectivity index (χ0) is 13.2. The lowest BCUT2D eigenvalue weighted by Crippen LogP contribution is -2.39. The van der Waals surface area contributed by atoms with Gasteiger partial charge in [0.05, 0.1) is 5.41 Å². The van der Waals surface area contributed by atoms with E-state index in [0.717, 1.165) is 19.3 Å². The Bertz CT molecular complexity index is 244. The van der Waals surface area contributed by atoms with Crippen LogP contribution in [0.25, 0.3) is 0 Å². The molecule has 0 aliphatic rings. The van der Waals surface area contributed by atoms with Gasteiger partial charge in [0.1, 0.15) is 0 Å². The molecule has 0 atom stereocenters. The minimum Gasteiger partial charge on any atom is -0.481 e. The Morgan fingerprint density at radius 2 is 1.38 bits per heavy atom. The smallest absolute Gasteiger partial charge is 0.309 e. The third-order valence-electron chi connectivity index (χ3n) is 3.96. The van der Waals surface area contributed by atoms with Crippen LogP contribution in [0.15, 0.2) is 0 Å². The van der Waals surface area contributed by atoms with E-state index in [2.05, 4.69) is 34.6 Å². The van der Waals surface area contributed by atoms with E-state index >= 15 is 0 Å². The minimum atomic E-state index is -0.701. The fraction of sp³-hybridized carbons (Fsp3) is 0.929. The Labute approximate surface area is 100 Å². The van der Waals surface area contributed by atoms with Crippen LogP contribution in [-0.2, 0) is 4.79 Å². The van der Waals surface area contributed by atoms with E-state index in [1.807, 2.05) is 13.8 Å². The number of carbonyl (C=O) groups is 1. The largest absolute Gasteiger partial charge is 0.481 e. The van der Waals surface area contributed by atoms with Crippen LogP contribution in [0.4, 0.5) is 0 Å². The molecular formula is C14H28O2. The normalized spacial score (nSPS) is 13.9. The number of aliphatic carboxylic acids is 1. The molecule has 0 saturated heterocycles. The molecule has 2 nitrogen and oxygen atoms in total. The van der Waals surface area contributed by atoms with Crippen LogP contribution in [0.2, 0.25) is 0 Å². The molecular weight excluding hydrogens is 200 g/mol. The van der Waals surface area contributed by atoms with Gasteiger partial charge in [0.25, 0.3) is 0 Å². The summed E-state index contributed by atoms with van der Waals surface area (Å²) < 4.78 is 0. The van der Waals surface area contributed by atoms with Crippen molar-refractivity contribution in [2.24, 2.45) is 16.2 Å². The summed E-state index contributed by atoms with van der Waals surface area (Å²) in [6.07, 6.45) is 3.20. The van der Waals surface area contributed by atoms with Crippen LogP contribution < -0.4 is 0 Å². The summed E-state index contributed by atoms with van der Waals surface area (Å²) >= 11 is 0. The van der Waals surface area contributed by atoms with E-state index in [9.17, 15) is 9.90 Å². The Balaban J connectivity index is 4.42. The van der Waals surface area contributed by atoms with E-state index in [1.165, 1.54) is 0 Å². The van der Waals surface area contributed by atoms with E-state index in [-0.39, 0.29) is 5.41 Å². The summed E-state index contributed by atoms with van der Waals surface area (Å²) in [7, 11) is 0. The van der Waals surface area contributed by atoms with E-state index < -0.39 is 11.4 Å². The van der Waals surface area contributed by atoms with Gasteiger partial charge in [-0.15, -0.1) is 0 Å². The molecule has 0 bridgehead atoms. The predicted octanol–water partition coefficient (Wildman–Crippen LogP) is 4.34. The highest BCUT2D eigenvalue weighted by molar-refractivity contribution is 5.74. The number of hydrogen-bond donors (Lipinski definition) is 1. The van der Waals surface area contributed by atoms with Crippen molar-refractivity contribution >= 4 is 5.97 Å². The second-order valence-electron chi connectivity index (χ2n) is 7.23. The number of rotatable bonds is 5. The maximum absolute atomic E-state index is 11.2. The summed E-state index contributed by atoms with van der Waals surface area (Å²) in [6.45, 7) is 14.4. The van der Waals surface area contributed by atoms with Crippen LogP contribution >= 0.6 is 0 Å². The molecule has 0 heterocycles. The Kier molecular flexibility index (Phi) is 4.61. The second kappa shape index (κ2) is 4.77. The summed E-state index contributed by atoms with van der Waals surface area (Å²) in [4.78, 5) is 11.2. The summed E-state index contributed by atoms with van der Waals surface area (Å²) in [5, 5.41) is 9.24. The molecule has 0 unspecified atom stereocenters. The van der Waals surface area contributed by atoms with Crippen LogP contribution in [0.5, 0.6) is 0 Å². The van der Waals surface area contributed by atoms with Crippen molar-refractivity contribution in [1.29, 1.82) is 0 Å². The molecule has 2 heteroatoms. The first-order chi connectivity index (χ1) is 6.90. The first-order valence-corrected chi connectivity index (χ1v) is 6.13. The molecule has 0 fully saturated rings. The molecule has 0 aromatic rings. The van der Waals surface area contributed by atoms with E-state index in [1.54, 1.807) is 0 Å². The first-order valence-electron chi connectivity index (χ1n) is 6.13. The molecule has 0 aliphatic heterocycles. The third-order valence-corrected chi connectivity index (χ3v) is 3.96. The van der Waals surface area contributed by atoms with Gasteiger partial charge in [-0.3, -0.25) is 4.79 Å². The summed E-state index contributed by atoms with van der Waals surface area (Å²) in [5.74, 6) is -0.701. The second-order valence-corrected chi connectivity index (χ2v) is 7.23. The van der Waals surface area contributed by atoms with Gasteiger partial charge in [0, 0.05) is 0 Å². The maximum atomic E-state index is 11.2. The fourth-order valence-corrected chi connectivity index (χ4v) is 1.66. The van der Waals surface area contributed by atoms with Gasteiger partial charge in [0.2, 0.25) is 0 Å². The van der Waals surface area contributed by atoms with Gasteiger partial charge in [-0.2, -0.15) is 0 Å². The highest BCUT2D eigenvalue weighted by Crippen LogP contribution is 2.43. The average molecular weight is 228 g/mol. The molecule has 16 heavy (non-hydrogen) atoms. The van der Waals surface area contributed by atoms with Crippen molar-refractivity contribution in [3.05, 3.63) is 0 Å². The predicted molar refractivity (Wildman–Crippen MR) is 68.5 cm³/mol. The summed E-state index contributed by atoms with van der Waals surface area (Å²) in [5.41, 5.74) is -0.488. The minimum absolute atomic E-state index is 0.163. The van der Waals surface area contributed by atoms with Gasteiger partial charge in [0.15, 0.2) is 0 Å². The molecule has 0 amide bonds. The SMILES string of the molecule is CC(C)(C)CCCC(C)(C)C(C)(C)C(=O)O. The zero-order valence-electron chi connectivity index (χ0n) is 12.0. The van der Waals surface area contributed by atoms with Crippen molar-refractivity contribution in [1.82, 2.24) is 0 Å². The number of carboxylic acid groups (broad SMARTS) is 1. The standard InChI is InChI=1S/C14H28O2/c1-12(2,3)9-8-10-13(4,5)14(6,7)11(15)16/h8-10H2,1-7H3,(H,15,16). The lowest BCUT2D eigenvalue weighted by atomic mass is 9.65. The molecule has 0 rings (SSSR count). The Hall–Kier alpha value is -0.530. The molecule has 96 valence electrons. The third kappa shape index (κ3) is 4.15. The van der Waals surface area contributed by atoms with E-state index in [0.29, 0.717) is 5.41 Å². The van der Waals surface area contributed by atoms with Crippen LogP contribution in [0.3, 0.4) is 0 Å². The highest BCUT2D eigenvalue weighted by atomic mass is 16.4. The maximum Gasteiger partial charge on any atom is 0.309 e. The van der Waals surface area contributed by atoms with Gasteiger partial charge >= 0.3 is 5.97 Å². The van der Waals surface area contributed by atoms with Crippen LogP contribution in [0.1, 0.15) is 67.7 Å². The average Bonchev–Trinajstić information content (AvgIpc) is 2.00. The van der Waals surface area contributed by atoms with E-state index in [4.69, 9.17) is 0 Å². The Morgan fingerprint density at radius 1 is 0.938 bits per heavy atom. The van der Waals surface area contributed by atoms with Crippen LogP contribution in [-0.4, -0.2) is 11.1 Å². The molecule has 0 radical (unpaired) electrons. The van der Waals surface area contributed by atoms with Crippen molar-refractivity contribution in [3.8, 4) is 0 Å². The molecule has 0 aromatic carbocycles.